The number of anilines is 1. The fraction of sp³-hybridized carbons (Fsp3) is 0.385. The van der Waals surface area contributed by atoms with Gasteiger partial charge in [0.15, 0.2) is 0 Å². The van der Waals surface area contributed by atoms with Crippen molar-refractivity contribution in [3.8, 4) is 0 Å². The molecular formula is C13H13ClN2O2. The average molecular weight is 265 g/mol. The number of hydrogen-bond donors (Lipinski definition) is 1. The van der Waals surface area contributed by atoms with Gasteiger partial charge in [0.25, 0.3) is 5.91 Å². The molecule has 1 unspecified atom stereocenters. The maximum atomic E-state index is 12.4. The van der Waals surface area contributed by atoms with Gasteiger partial charge in [0.1, 0.15) is 5.54 Å². The van der Waals surface area contributed by atoms with E-state index in [9.17, 15) is 9.59 Å². The number of nitrogens with zero attached hydrogens (tertiary/aromatic N) is 1. The van der Waals surface area contributed by atoms with Crippen molar-refractivity contribution in [2.45, 2.75) is 25.3 Å². The molecule has 1 aromatic carbocycles. The van der Waals surface area contributed by atoms with Gasteiger partial charge in [0.2, 0.25) is 0 Å². The lowest BCUT2D eigenvalue weighted by molar-refractivity contribution is -0.122. The first kappa shape index (κ1) is 11.5. The molecule has 0 spiro atoms. The van der Waals surface area contributed by atoms with Crippen molar-refractivity contribution in [2.24, 2.45) is 5.92 Å². The predicted molar refractivity (Wildman–Crippen MR) is 68.6 cm³/mol. The lowest BCUT2D eigenvalue weighted by Gasteiger charge is -2.20. The van der Waals surface area contributed by atoms with E-state index < -0.39 is 5.54 Å². The van der Waals surface area contributed by atoms with Gasteiger partial charge in [-0.2, -0.15) is 0 Å². The Morgan fingerprint density at radius 1 is 1.28 bits per heavy atom. The summed E-state index contributed by atoms with van der Waals surface area (Å²) in [4.78, 5) is 25.6. The van der Waals surface area contributed by atoms with Gasteiger partial charge in [-0.15, -0.1) is 0 Å². The van der Waals surface area contributed by atoms with Gasteiger partial charge in [0.05, 0.1) is 5.69 Å². The Labute approximate surface area is 110 Å². The maximum Gasteiger partial charge on any atom is 0.329 e. The molecule has 0 bridgehead atoms. The minimum Gasteiger partial charge on any atom is -0.323 e. The van der Waals surface area contributed by atoms with Crippen LogP contribution in [0, 0.1) is 5.92 Å². The molecule has 2 aliphatic rings. The van der Waals surface area contributed by atoms with E-state index in [-0.39, 0.29) is 17.9 Å². The summed E-state index contributed by atoms with van der Waals surface area (Å²) in [7, 11) is 0. The highest BCUT2D eigenvalue weighted by Crippen LogP contribution is 2.43. The molecule has 4 nitrogen and oxygen atoms in total. The van der Waals surface area contributed by atoms with Crippen LogP contribution < -0.4 is 10.2 Å². The Bertz CT molecular complexity index is 524. The van der Waals surface area contributed by atoms with E-state index in [1.54, 1.807) is 31.2 Å². The topological polar surface area (TPSA) is 49.4 Å². The second kappa shape index (κ2) is 3.72. The van der Waals surface area contributed by atoms with Gasteiger partial charge >= 0.3 is 6.03 Å². The molecule has 18 heavy (non-hydrogen) atoms. The number of carbonyl (C=O) groups is 2. The quantitative estimate of drug-likeness (QED) is 0.835. The Morgan fingerprint density at radius 2 is 1.89 bits per heavy atom. The first-order valence-corrected chi connectivity index (χ1v) is 6.32. The first-order valence-electron chi connectivity index (χ1n) is 5.94. The summed E-state index contributed by atoms with van der Waals surface area (Å²) in [6.45, 7) is 1.81. The van der Waals surface area contributed by atoms with E-state index in [1.807, 2.05) is 0 Å². The van der Waals surface area contributed by atoms with Crippen molar-refractivity contribution in [3.05, 3.63) is 29.3 Å². The first-order chi connectivity index (χ1) is 8.52. The van der Waals surface area contributed by atoms with Crippen molar-refractivity contribution >= 4 is 29.2 Å². The second-order valence-corrected chi connectivity index (χ2v) is 5.46. The highest BCUT2D eigenvalue weighted by atomic mass is 35.5. The number of nitrogens with one attached hydrogen (secondary N) is 1. The minimum absolute atomic E-state index is 0.169. The van der Waals surface area contributed by atoms with Gasteiger partial charge in [-0.05, 0) is 49.9 Å². The number of amides is 3. The van der Waals surface area contributed by atoms with Crippen molar-refractivity contribution in [1.29, 1.82) is 0 Å². The molecule has 0 radical (unpaired) electrons. The van der Waals surface area contributed by atoms with Gasteiger partial charge in [-0.1, -0.05) is 11.6 Å². The van der Waals surface area contributed by atoms with Crippen LogP contribution in [0.5, 0.6) is 0 Å². The molecule has 1 aliphatic heterocycles. The number of imide groups is 1. The zero-order valence-corrected chi connectivity index (χ0v) is 10.7. The molecule has 1 aromatic rings. The lowest BCUT2D eigenvalue weighted by atomic mass is 9.96. The molecule has 3 rings (SSSR count). The standard InChI is InChI=1S/C13H13ClN2O2/c1-13(8-2-3-8)11(17)16(12(18)15-13)10-6-4-9(14)5-7-10/h4-8H,2-3H2,1H3,(H,15,18). The van der Waals surface area contributed by atoms with Crippen LogP contribution in [-0.2, 0) is 4.79 Å². The van der Waals surface area contributed by atoms with Gasteiger partial charge < -0.3 is 5.32 Å². The maximum absolute atomic E-state index is 12.4. The number of benzene rings is 1. The molecule has 3 amide bonds. The Kier molecular flexibility index (Phi) is 2.38. The monoisotopic (exact) mass is 264 g/mol. The number of rotatable bonds is 2. The summed E-state index contributed by atoms with van der Waals surface area (Å²) in [6, 6.07) is 6.35. The molecule has 1 saturated carbocycles. The van der Waals surface area contributed by atoms with Crippen LogP contribution >= 0.6 is 11.6 Å². The fourth-order valence-electron chi connectivity index (χ4n) is 2.42. The van der Waals surface area contributed by atoms with Gasteiger partial charge in [-0.25, -0.2) is 9.69 Å². The third-order valence-electron chi connectivity index (χ3n) is 3.70. The van der Waals surface area contributed by atoms with Crippen LogP contribution in [0.4, 0.5) is 10.5 Å². The molecule has 1 aliphatic carbocycles. The Balaban J connectivity index is 1.95. The number of halogens is 1. The molecular weight excluding hydrogens is 252 g/mol. The molecule has 0 aromatic heterocycles. The summed E-state index contributed by atoms with van der Waals surface area (Å²) < 4.78 is 0. The van der Waals surface area contributed by atoms with Crippen molar-refractivity contribution in [1.82, 2.24) is 5.32 Å². The summed E-state index contributed by atoms with van der Waals surface area (Å²) in [6.07, 6.45) is 1.99. The highest BCUT2D eigenvalue weighted by molar-refractivity contribution is 6.30. The summed E-state index contributed by atoms with van der Waals surface area (Å²) in [5, 5.41) is 3.39. The SMILES string of the molecule is CC1(C2CC2)NC(=O)N(c2ccc(Cl)cc2)C1=O. The fourth-order valence-corrected chi connectivity index (χ4v) is 2.54. The molecule has 2 fully saturated rings. The van der Waals surface area contributed by atoms with Crippen molar-refractivity contribution in [3.63, 3.8) is 0 Å². The molecule has 1 saturated heterocycles. The average Bonchev–Trinajstić information content (AvgIpc) is 3.12. The second-order valence-electron chi connectivity index (χ2n) is 5.02. The molecule has 5 heteroatoms. The summed E-state index contributed by atoms with van der Waals surface area (Å²) in [5.41, 5.74) is -0.178. The number of carbonyl (C=O) groups excluding carboxylic acids is 2. The van der Waals surface area contributed by atoms with Crippen LogP contribution in [0.15, 0.2) is 24.3 Å². The van der Waals surface area contributed by atoms with E-state index in [1.165, 1.54) is 4.90 Å². The highest BCUT2D eigenvalue weighted by Gasteiger charge is 2.56. The zero-order valence-electron chi connectivity index (χ0n) is 9.94. The van der Waals surface area contributed by atoms with E-state index in [2.05, 4.69) is 5.32 Å². The third kappa shape index (κ3) is 1.60. The van der Waals surface area contributed by atoms with Gasteiger partial charge in [-0.3, -0.25) is 4.79 Å². The lowest BCUT2D eigenvalue weighted by Crippen LogP contribution is -2.46. The number of urea groups is 1. The largest absolute Gasteiger partial charge is 0.329 e. The molecule has 1 atom stereocenters. The van der Waals surface area contributed by atoms with Gasteiger partial charge in [0, 0.05) is 5.02 Å². The number of hydrogen-bond acceptors (Lipinski definition) is 2. The summed E-state index contributed by atoms with van der Waals surface area (Å²) in [5.74, 6) is 0.101. The Morgan fingerprint density at radius 3 is 2.44 bits per heavy atom. The molecule has 1 heterocycles. The van der Waals surface area contributed by atoms with Crippen LogP contribution in [0.2, 0.25) is 5.02 Å². The summed E-state index contributed by atoms with van der Waals surface area (Å²) >= 11 is 5.80. The smallest absolute Gasteiger partial charge is 0.323 e. The Hall–Kier alpha value is -1.55. The van der Waals surface area contributed by atoms with E-state index in [4.69, 9.17) is 11.6 Å². The third-order valence-corrected chi connectivity index (χ3v) is 3.95. The van der Waals surface area contributed by atoms with Crippen LogP contribution in [0.3, 0.4) is 0 Å². The van der Waals surface area contributed by atoms with E-state index in [0.29, 0.717) is 10.7 Å². The minimum atomic E-state index is -0.739. The van der Waals surface area contributed by atoms with Crippen molar-refractivity contribution in [2.75, 3.05) is 4.90 Å². The predicted octanol–water partition coefficient (Wildman–Crippen LogP) is 2.56. The van der Waals surface area contributed by atoms with Crippen LogP contribution in [-0.4, -0.2) is 17.5 Å². The van der Waals surface area contributed by atoms with Crippen LogP contribution in [0.1, 0.15) is 19.8 Å². The zero-order chi connectivity index (χ0) is 12.9. The van der Waals surface area contributed by atoms with Crippen LogP contribution in [0.25, 0.3) is 0 Å². The molecule has 1 N–H and O–H groups in total. The van der Waals surface area contributed by atoms with E-state index in [0.717, 1.165) is 12.8 Å². The normalized spacial score (nSPS) is 27.6. The van der Waals surface area contributed by atoms with E-state index >= 15 is 0 Å². The van der Waals surface area contributed by atoms with Crippen molar-refractivity contribution < 1.29 is 9.59 Å². The molecule has 94 valence electrons.